The van der Waals surface area contributed by atoms with Crippen molar-refractivity contribution in [3.63, 3.8) is 0 Å². The number of esters is 1. The number of amides is 1. The number of hydrogen-bond donors (Lipinski definition) is 0. The highest BCUT2D eigenvalue weighted by molar-refractivity contribution is 5.84. The van der Waals surface area contributed by atoms with Gasteiger partial charge in [0, 0.05) is 17.7 Å². The van der Waals surface area contributed by atoms with Crippen LogP contribution in [0.4, 0.5) is 5.69 Å². The average Bonchev–Trinajstić information content (AvgIpc) is 3.01. The molecule has 1 atom stereocenters. The fourth-order valence-corrected chi connectivity index (χ4v) is 2.58. The van der Waals surface area contributed by atoms with Crippen molar-refractivity contribution >= 4 is 17.6 Å². The molecule has 8 nitrogen and oxygen atoms in total. The summed E-state index contributed by atoms with van der Waals surface area (Å²) in [6.07, 6.45) is -0.615. The van der Waals surface area contributed by atoms with Crippen molar-refractivity contribution < 1.29 is 24.0 Å². The molecule has 2 aromatic carbocycles. The fourth-order valence-electron chi connectivity index (χ4n) is 2.58. The summed E-state index contributed by atoms with van der Waals surface area (Å²) in [5.74, 6) is -0.866. The van der Waals surface area contributed by atoms with Gasteiger partial charge in [-0.15, -0.1) is 0 Å². The summed E-state index contributed by atoms with van der Waals surface area (Å²) < 4.78 is 10.6. The summed E-state index contributed by atoms with van der Waals surface area (Å²) in [7, 11) is 0. The molecule has 3 rings (SSSR count). The molecule has 1 saturated heterocycles. The highest BCUT2D eigenvalue weighted by Crippen LogP contribution is 2.27. The Morgan fingerprint density at radius 1 is 1.19 bits per heavy atom. The molecule has 26 heavy (non-hydrogen) atoms. The lowest BCUT2D eigenvalue weighted by Crippen LogP contribution is -2.34. The van der Waals surface area contributed by atoms with Gasteiger partial charge in [-0.3, -0.25) is 24.6 Å². The normalized spacial score (nSPS) is 16.5. The van der Waals surface area contributed by atoms with Crippen molar-refractivity contribution in [2.45, 2.75) is 12.8 Å². The number of benzene rings is 2. The van der Waals surface area contributed by atoms with E-state index in [1.807, 2.05) is 30.3 Å². The van der Waals surface area contributed by atoms with Crippen molar-refractivity contribution in [2.75, 3.05) is 13.2 Å². The van der Waals surface area contributed by atoms with Crippen LogP contribution in [-0.4, -0.2) is 34.9 Å². The lowest BCUT2D eigenvalue weighted by molar-refractivity contribution is -0.384. The zero-order valence-electron chi connectivity index (χ0n) is 13.7. The van der Waals surface area contributed by atoms with E-state index in [4.69, 9.17) is 9.47 Å². The van der Waals surface area contributed by atoms with E-state index in [0.717, 1.165) is 5.56 Å². The van der Waals surface area contributed by atoms with Crippen molar-refractivity contribution in [2.24, 2.45) is 0 Å². The van der Waals surface area contributed by atoms with Gasteiger partial charge < -0.3 is 9.47 Å². The van der Waals surface area contributed by atoms with Gasteiger partial charge in [0.15, 0.2) is 6.23 Å². The number of rotatable bonds is 6. The monoisotopic (exact) mass is 356 g/mol. The van der Waals surface area contributed by atoms with E-state index < -0.39 is 17.1 Å². The maximum Gasteiger partial charge on any atom is 0.326 e. The second-order valence-corrected chi connectivity index (χ2v) is 5.68. The van der Waals surface area contributed by atoms with Crippen LogP contribution >= 0.6 is 0 Å². The molecular weight excluding hydrogens is 340 g/mol. The first-order chi connectivity index (χ1) is 12.5. The number of hydrogen-bond acceptors (Lipinski definition) is 6. The Morgan fingerprint density at radius 3 is 2.54 bits per heavy atom. The van der Waals surface area contributed by atoms with Crippen LogP contribution < -0.4 is 0 Å². The summed E-state index contributed by atoms with van der Waals surface area (Å²) in [4.78, 5) is 35.5. The number of carbonyl (C=O) groups is 2. The van der Waals surface area contributed by atoms with Crippen LogP contribution in [0.3, 0.4) is 0 Å². The molecule has 1 aliphatic heterocycles. The maximum absolute atomic E-state index is 12.1. The van der Waals surface area contributed by atoms with Gasteiger partial charge in [0.1, 0.15) is 19.8 Å². The first kappa shape index (κ1) is 17.6. The number of nitrogens with zero attached hydrogens (tertiary/aromatic N) is 2. The lowest BCUT2D eigenvalue weighted by atomic mass is 10.2. The van der Waals surface area contributed by atoms with Crippen molar-refractivity contribution in [1.29, 1.82) is 0 Å². The molecule has 0 aliphatic carbocycles. The van der Waals surface area contributed by atoms with Gasteiger partial charge in [-0.2, -0.15) is 0 Å². The first-order valence-electron chi connectivity index (χ1n) is 7.89. The van der Waals surface area contributed by atoms with Gasteiger partial charge in [0.25, 0.3) is 11.6 Å². The number of ether oxygens (including phenoxy) is 2. The Kier molecular flexibility index (Phi) is 5.23. The second-order valence-electron chi connectivity index (χ2n) is 5.68. The lowest BCUT2D eigenvalue weighted by Gasteiger charge is -2.22. The van der Waals surface area contributed by atoms with Gasteiger partial charge in [0.2, 0.25) is 0 Å². The zero-order valence-corrected chi connectivity index (χ0v) is 13.7. The zero-order chi connectivity index (χ0) is 18.5. The van der Waals surface area contributed by atoms with Crippen LogP contribution in [0.1, 0.15) is 17.4 Å². The molecule has 0 aromatic heterocycles. The van der Waals surface area contributed by atoms with E-state index in [2.05, 4.69) is 0 Å². The Morgan fingerprint density at radius 2 is 1.88 bits per heavy atom. The Balaban J connectivity index is 1.58. The molecule has 0 saturated carbocycles. The van der Waals surface area contributed by atoms with Crippen LogP contribution in [0.5, 0.6) is 0 Å². The molecule has 8 heteroatoms. The predicted octanol–water partition coefficient (Wildman–Crippen LogP) is 2.20. The minimum Gasteiger partial charge on any atom is -0.459 e. The highest BCUT2D eigenvalue weighted by Gasteiger charge is 2.34. The average molecular weight is 356 g/mol. The van der Waals surface area contributed by atoms with Crippen molar-refractivity contribution in [1.82, 2.24) is 4.90 Å². The smallest absolute Gasteiger partial charge is 0.326 e. The molecule has 1 amide bonds. The van der Waals surface area contributed by atoms with Crippen LogP contribution in [0.15, 0.2) is 54.6 Å². The number of nitro groups is 1. The Labute approximate surface area is 149 Å². The molecular formula is C18H16N2O6. The number of carbonyl (C=O) groups excluding carboxylic acids is 2. The van der Waals surface area contributed by atoms with Gasteiger partial charge in [-0.05, 0) is 17.7 Å². The second kappa shape index (κ2) is 7.75. The SMILES string of the molecule is O=C(CN1C(=O)COC1c1ccccc1)OCc1ccc([N+](=O)[O-])cc1. The van der Waals surface area contributed by atoms with Gasteiger partial charge in [-0.25, -0.2) is 0 Å². The van der Waals surface area contributed by atoms with E-state index in [1.165, 1.54) is 29.2 Å². The van der Waals surface area contributed by atoms with E-state index in [-0.39, 0.29) is 31.4 Å². The topological polar surface area (TPSA) is 99.0 Å². The largest absolute Gasteiger partial charge is 0.459 e. The summed E-state index contributed by atoms with van der Waals surface area (Å²) in [5.41, 5.74) is 1.36. The fraction of sp³-hybridized carbons (Fsp3) is 0.222. The third kappa shape index (κ3) is 4.04. The quantitative estimate of drug-likeness (QED) is 0.447. The van der Waals surface area contributed by atoms with Crippen LogP contribution in [-0.2, 0) is 25.7 Å². The highest BCUT2D eigenvalue weighted by atomic mass is 16.6. The third-order valence-corrected chi connectivity index (χ3v) is 3.90. The Hall–Kier alpha value is -3.26. The molecule has 134 valence electrons. The molecule has 1 unspecified atom stereocenters. The van der Waals surface area contributed by atoms with E-state index in [9.17, 15) is 19.7 Å². The molecule has 0 spiro atoms. The van der Waals surface area contributed by atoms with Gasteiger partial charge in [-0.1, -0.05) is 30.3 Å². The van der Waals surface area contributed by atoms with Crippen molar-refractivity contribution in [3.05, 3.63) is 75.8 Å². The summed E-state index contributed by atoms with van der Waals surface area (Å²) in [6, 6.07) is 14.8. The number of nitro benzene ring substituents is 1. The minimum atomic E-state index is -0.615. The minimum absolute atomic E-state index is 0.0320. The molecule has 0 bridgehead atoms. The molecule has 1 aliphatic rings. The van der Waals surface area contributed by atoms with Gasteiger partial charge >= 0.3 is 5.97 Å². The summed E-state index contributed by atoms with van der Waals surface area (Å²) in [5, 5.41) is 10.6. The van der Waals surface area contributed by atoms with Crippen molar-refractivity contribution in [3.8, 4) is 0 Å². The van der Waals surface area contributed by atoms with Gasteiger partial charge in [0.05, 0.1) is 4.92 Å². The van der Waals surface area contributed by atoms with Crippen LogP contribution in [0.2, 0.25) is 0 Å². The van der Waals surface area contributed by atoms with E-state index in [0.29, 0.717) is 5.56 Å². The molecule has 1 heterocycles. The maximum atomic E-state index is 12.1. The molecule has 2 aromatic rings. The standard InChI is InChI=1S/C18H16N2O6/c21-16-12-26-18(14-4-2-1-3-5-14)19(16)10-17(22)25-11-13-6-8-15(9-7-13)20(23)24/h1-9,18H,10-12H2. The third-order valence-electron chi connectivity index (χ3n) is 3.90. The summed E-state index contributed by atoms with van der Waals surface area (Å²) in [6.45, 7) is -0.351. The summed E-state index contributed by atoms with van der Waals surface area (Å²) >= 11 is 0. The first-order valence-corrected chi connectivity index (χ1v) is 7.89. The van der Waals surface area contributed by atoms with Crippen LogP contribution in [0.25, 0.3) is 0 Å². The van der Waals surface area contributed by atoms with E-state index in [1.54, 1.807) is 0 Å². The van der Waals surface area contributed by atoms with Crippen LogP contribution in [0, 0.1) is 10.1 Å². The Bertz CT molecular complexity index is 806. The number of non-ortho nitro benzene ring substituents is 1. The molecule has 1 fully saturated rings. The molecule has 0 radical (unpaired) electrons. The van der Waals surface area contributed by atoms with E-state index >= 15 is 0 Å². The molecule has 0 N–H and O–H groups in total. The predicted molar refractivity (Wildman–Crippen MR) is 89.7 cm³/mol.